The van der Waals surface area contributed by atoms with Crippen LogP contribution < -0.4 is 5.32 Å². The summed E-state index contributed by atoms with van der Waals surface area (Å²) >= 11 is 0. The van der Waals surface area contributed by atoms with Crippen molar-refractivity contribution in [1.82, 2.24) is 10.3 Å². The molecule has 2 atom stereocenters. The normalized spacial score (nSPS) is 13.8. The van der Waals surface area contributed by atoms with Crippen molar-refractivity contribution in [3.05, 3.63) is 35.5 Å². The number of hydrogen-bond donors (Lipinski definition) is 3. The van der Waals surface area contributed by atoms with E-state index in [1.54, 1.807) is 0 Å². The largest absolute Gasteiger partial charge is 0.480 e. The molecule has 0 aliphatic rings. The SMILES string of the molecule is CC[C@H](C)[C@H](NC(=O)Cc1c[nH]c2cccc(C)c12)C(=O)O. The zero-order valence-corrected chi connectivity index (χ0v) is 13.1. The summed E-state index contributed by atoms with van der Waals surface area (Å²) in [5, 5.41) is 12.9. The van der Waals surface area contributed by atoms with E-state index in [9.17, 15) is 14.7 Å². The predicted octanol–water partition coefficient (Wildman–Crippen LogP) is 2.63. The first-order chi connectivity index (χ1) is 10.4. The molecule has 1 aromatic carbocycles. The summed E-state index contributed by atoms with van der Waals surface area (Å²) < 4.78 is 0. The molecule has 0 spiro atoms. The molecule has 22 heavy (non-hydrogen) atoms. The fourth-order valence-electron chi connectivity index (χ4n) is 2.67. The molecular weight excluding hydrogens is 280 g/mol. The van der Waals surface area contributed by atoms with Crippen molar-refractivity contribution in [2.45, 2.75) is 39.7 Å². The Labute approximate surface area is 129 Å². The van der Waals surface area contributed by atoms with Crippen LogP contribution in [0.25, 0.3) is 10.9 Å². The number of carbonyl (C=O) groups is 2. The van der Waals surface area contributed by atoms with Gasteiger partial charge >= 0.3 is 5.97 Å². The van der Waals surface area contributed by atoms with Crippen LogP contribution in [0.15, 0.2) is 24.4 Å². The van der Waals surface area contributed by atoms with Crippen molar-refractivity contribution >= 4 is 22.8 Å². The van der Waals surface area contributed by atoms with Crippen LogP contribution in [0.4, 0.5) is 0 Å². The van der Waals surface area contributed by atoms with Crippen LogP contribution in [-0.4, -0.2) is 28.0 Å². The molecule has 0 aliphatic heterocycles. The van der Waals surface area contributed by atoms with Crippen molar-refractivity contribution in [2.75, 3.05) is 0 Å². The average molecular weight is 302 g/mol. The Morgan fingerprint density at radius 2 is 2.09 bits per heavy atom. The van der Waals surface area contributed by atoms with Gasteiger partial charge < -0.3 is 15.4 Å². The standard InChI is InChI=1S/C17H22N2O3/c1-4-10(2)16(17(21)22)19-14(20)8-12-9-18-13-7-5-6-11(3)15(12)13/h5-7,9-10,16,18H,4,8H2,1-3H3,(H,19,20)(H,21,22)/t10-,16-/m0/s1. The molecule has 0 saturated heterocycles. The van der Waals surface area contributed by atoms with Gasteiger partial charge in [-0.15, -0.1) is 0 Å². The summed E-state index contributed by atoms with van der Waals surface area (Å²) in [6.45, 7) is 5.74. The Kier molecular flexibility index (Phi) is 4.85. The first kappa shape index (κ1) is 16.1. The van der Waals surface area contributed by atoms with Gasteiger partial charge in [0.2, 0.25) is 5.91 Å². The fraction of sp³-hybridized carbons (Fsp3) is 0.412. The van der Waals surface area contributed by atoms with Crippen LogP contribution in [-0.2, 0) is 16.0 Å². The number of H-pyrrole nitrogens is 1. The number of aryl methyl sites for hydroxylation is 1. The fourth-order valence-corrected chi connectivity index (χ4v) is 2.67. The molecule has 0 bridgehead atoms. The lowest BCUT2D eigenvalue weighted by molar-refractivity contribution is -0.143. The number of amides is 1. The number of hydrogen-bond acceptors (Lipinski definition) is 2. The highest BCUT2D eigenvalue weighted by Gasteiger charge is 2.25. The van der Waals surface area contributed by atoms with Gasteiger partial charge in [0.05, 0.1) is 6.42 Å². The summed E-state index contributed by atoms with van der Waals surface area (Å²) in [7, 11) is 0. The van der Waals surface area contributed by atoms with Gasteiger partial charge in [0.25, 0.3) is 0 Å². The maximum absolute atomic E-state index is 12.2. The Hall–Kier alpha value is -2.30. The van der Waals surface area contributed by atoms with Gasteiger partial charge in [-0.2, -0.15) is 0 Å². The number of rotatable bonds is 6. The average Bonchev–Trinajstić information content (AvgIpc) is 2.88. The lowest BCUT2D eigenvalue weighted by Crippen LogP contribution is -2.45. The number of aromatic nitrogens is 1. The van der Waals surface area contributed by atoms with Crippen LogP contribution in [0.3, 0.4) is 0 Å². The van der Waals surface area contributed by atoms with E-state index in [0.717, 1.165) is 22.0 Å². The van der Waals surface area contributed by atoms with Crippen LogP contribution in [0.1, 0.15) is 31.4 Å². The first-order valence-electron chi connectivity index (χ1n) is 7.51. The number of carbonyl (C=O) groups excluding carboxylic acids is 1. The highest BCUT2D eigenvalue weighted by atomic mass is 16.4. The molecule has 0 fully saturated rings. The van der Waals surface area contributed by atoms with Crippen LogP contribution in [0, 0.1) is 12.8 Å². The molecule has 1 aromatic heterocycles. The van der Waals surface area contributed by atoms with Crippen molar-refractivity contribution in [3.63, 3.8) is 0 Å². The van der Waals surface area contributed by atoms with E-state index in [2.05, 4.69) is 10.3 Å². The highest BCUT2D eigenvalue weighted by Crippen LogP contribution is 2.22. The number of aromatic amines is 1. The number of fused-ring (bicyclic) bond motifs is 1. The number of benzene rings is 1. The van der Waals surface area contributed by atoms with Gasteiger partial charge in [0, 0.05) is 17.1 Å². The monoisotopic (exact) mass is 302 g/mol. The maximum Gasteiger partial charge on any atom is 0.326 e. The third kappa shape index (κ3) is 3.30. The van der Waals surface area contributed by atoms with E-state index in [0.29, 0.717) is 6.42 Å². The van der Waals surface area contributed by atoms with Gasteiger partial charge in [0.15, 0.2) is 0 Å². The lowest BCUT2D eigenvalue weighted by atomic mass is 9.98. The Bertz CT molecular complexity index is 690. The molecule has 1 heterocycles. The maximum atomic E-state index is 12.2. The van der Waals surface area contributed by atoms with Crippen molar-refractivity contribution in [2.24, 2.45) is 5.92 Å². The third-order valence-corrected chi connectivity index (χ3v) is 4.14. The Morgan fingerprint density at radius 1 is 1.36 bits per heavy atom. The zero-order valence-electron chi connectivity index (χ0n) is 13.1. The molecule has 0 saturated carbocycles. The Balaban J connectivity index is 2.15. The minimum absolute atomic E-state index is 0.105. The smallest absolute Gasteiger partial charge is 0.326 e. The van der Waals surface area contributed by atoms with E-state index in [4.69, 9.17) is 0 Å². The molecule has 1 amide bonds. The summed E-state index contributed by atoms with van der Waals surface area (Å²) in [4.78, 5) is 26.6. The molecule has 5 nitrogen and oxygen atoms in total. The summed E-state index contributed by atoms with van der Waals surface area (Å²) in [5.41, 5.74) is 2.97. The number of carboxylic acid groups (broad SMARTS) is 1. The zero-order chi connectivity index (χ0) is 16.3. The highest BCUT2D eigenvalue weighted by molar-refractivity contribution is 5.92. The minimum Gasteiger partial charge on any atom is -0.480 e. The van der Waals surface area contributed by atoms with E-state index in [1.807, 2.05) is 45.2 Å². The molecule has 0 aliphatic carbocycles. The molecule has 5 heteroatoms. The first-order valence-corrected chi connectivity index (χ1v) is 7.51. The molecule has 118 valence electrons. The van der Waals surface area contributed by atoms with Crippen LogP contribution in [0.2, 0.25) is 0 Å². The Morgan fingerprint density at radius 3 is 2.73 bits per heavy atom. The van der Waals surface area contributed by atoms with E-state index in [1.165, 1.54) is 0 Å². The second-order valence-electron chi connectivity index (χ2n) is 5.76. The van der Waals surface area contributed by atoms with Gasteiger partial charge in [-0.3, -0.25) is 4.79 Å². The summed E-state index contributed by atoms with van der Waals surface area (Å²) in [6, 6.07) is 5.07. The number of carboxylic acids is 1. The van der Waals surface area contributed by atoms with E-state index >= 15 is 0 Å². The van der Waals surface area contributed by atoms with Gasteiger partial charge in [-0.05, 0) is 30.0 Å². The van der Waals surface area contributed by atoms with Crippen molar-refractivity contribution < 1.29 is 14.7 Å². The van der Waals surface area contributed by atoms with Gasteiger partial charge in [-0.25, -0.2) is 4.79 Å². The molecule has 2 aromatic rings. The number of aliphatic carboxylic acids is 1. The topological polar surface area (TPSA) is 82.2 Å². The third-order valence-electron chi connectivity index (χ3n) is 4.14. The summed E-state index contributed by atoms with van der Waals surface area (Å²) in [5.74, 6) is -1.36. The molecule has 0 radical (unpaired) electrons. The molecule has 2 rings (SSSR count). The van der Waals surface area contributed by atoms with E-state index in [-0.39, 0.29) is 18.2 Å². The minimum atomic E-state index is -0.988. The molecular formula is C17H22N2O3. The number of nitrogens with one attached hydrogen (secondary N) is 2. The van der Waals surface area contributed by atoms with Gasteiger partial charge in [0.1, 0.15) is 6.04 Å². The predicted molar refractivity (Wildman–Crippen MR) is 85.8 cm³/mol. The van der Waals surface area contributed by atoms with Crippen molar-refractivity contribution in [3.8, 4) is 0 Å². The molecule has 3 N–H and O–H groups in total. The quantitative estimate of drug-likeness (QED) is 0.767. The second-order valence-corrected chi connectivity index (χ2v) is 5.76. The van der Waals surface area contributed by atoms with Gasteiger partial charge in [-0.1, -0.05) is 32.4 Å². The van der Waals surface area contributed by atoms with Crippen molar-refractivity contribution in [1.29, 1.82) is 0 Å². The van der Waals surface area contributed by atoms with Crippen LogP contribution in [0.5, 0.6) is 0 Å². The molecule has 0 unspecified atom stereocenters. The van der Waals surface area contributed by atoms with Crippen LogP contribution >= 0.6 is 0 Å². The second kappa shape index (κ2) is 6.64. The lowest BCUT2D eigenvalue weighted by Gasteiger charge is -2.20. The summed E-state index contributed by atoms with van der Waals surface area (Å²) in [6.07, 6.45) is 2.69. The van der Waals surface area contributed by atoms with E-state index < -0.39 is 12.0 Å².